The summed E-state index contributed by atoms with van der Waals surface area (Å²) in [6.07, 6.45) is 3.12. The molecule has 2 atom stereocenters. The lowest BCUT2D eigenvalue weighted by Crippen LogP contribution is -2.37. The van der Waals surface area contributed by atoms with E-state index in [0.717, 1.165) is 31.4 Å². The van der Waals surface area contributed by atoms with Crippen LogP contribution in [0.15, 0.2) is 18.2 Å². The normalized spacial score (nSPS) is 23.6. The molecule has 3 heteroatoms. The van der Waals surface area contributed by atoms with Gasteiger partial charge in [-0.15, -0.1) is 0 Å². The van der Waals surface area contributed by atoms with E-state index in [-0.39, 0.29) is 11.9 Å². The van der Waals surface area contributed by atoms with Crippen molar-refractivity contribution in [3.05, 3.63) is 35.1 Å². The van der Waals surface area contributed by atoms with Gasteiger partial charge in [-0.2, -0.15) is 0 Å². The van der Waals surface area contributed by atoms with Crippen LogP contribution >= 0.6 is 0 Å². The molecule has 2 nitrogen and oxygen atoms in total. The molecule has 1 heterocycles. The highest BCUT2D eigenvalue weighted by molar-refractivity contribution is 5.28. The molecule has 2 N–H and O–H groups in total. The molecule has 0 bridgehead atoms. The Morgan fingerprint density at radius 3 is 2.88 bits per heavy atom. The van der Waals surface area contributed by atoms with Crippen LogP contribution in [0.25, 0.3) is 0 Å². The lowest BCUT2D eigenvalue weighted by Gasteiger charge is -2.28. The molecule has 1 fully saturated rings. The predicted molar refractivity (Wildman–Crippen MR) is 66.3 cm³/mol. The zero-order valence-electron chi connectivity index (χ0n) is 10.5. The highest BCUT2D eigenvalue weighted by Crippen LogP contribution is 2.29. The first-order valence-electron chi connectivity index (χ1n) is 6.16. The van der Waals surface area contributed by atoms with E-state index in [1.165, 1.54) is 0 Å². The molecule has 0 radical (unpaired) electrons. The molecule has 1 aliphatic heterocycles. The minimum atomic E-state index is -0.524. The lowest BCUT2D eigenvalue weighted by atomic mass is 9.86. The number of nitrogens with two attached hydrogens (primary N) is 1. The van der Waals surface area contributed by atoms with Crippen LogP contribution in [0.2, 0.25) is 0 Å². The highest BCUT2D eigenvalue weighted by atomic mass is 19.1. The Labute approximate surface area is 102 Å². The van der Waals surface area contributed by atoms with Gasteiger partial charge in [0.25, 0.3) is 0 Å². The van der Waals surface area contributed by atoms with Crippen molar-refractivity contribution in [3.8, 4) is 0 Å². The van der Waals surface area contributed by atoms with Crippen molar-refractivity contribution in [2.24, 2.45) is 5.73 Å². The predicted octanol–water partition coefficient (Wildman–Crippen LogP) is 2.88. The summed E-state index contributed by atoms with van der Waals surface area (Å²) in [5.74, 6) is -0.188. The molecule has 1 aromatic carbocycles. The summed E-state index contributed by atoms with van der Waals surface area (Å²) in [6, 6.07) is 5.24. The van der Waals surface area contributed by atoms with Gasteiger partial charge in [-0.3, -0.25) is 0 Å². The summed E-state index contributed by atoms with van der Waals surface area (Å²) in [6.45, 7) is 4.52. The van der Waals surface area contributed by atoms with Crippen molar-refractivity contribution in [1.82, 2.24) is 0 Å². The van der Waals surface area contributed by atoms with E-state index in [1.807, 2.05) is 13.0 Å². The third-order valence-electron chi connectivity index (χ3n) is 3.51. The number of hydrogen-bond donors (Lipinski definition) is 1. The van der Waals surface area contributed by atoms with E-state index >= 15 is 0 Å². The Morgan fingerprint density at radius 1 is 1.53 bits per heavy atom. The summed E-state index contributed by atoms with van der Waals surface area (Å²) in [7, 11) is 0. The Bertz CT molecular complexity index is 397. The van der Waals surface area contributed by atoms with E-state index in [4.69, 9.17) is 10.5 Å². The second-order valence-corrected chi connectivity index (χ2v) is 5.22. The Hall–Kier alpha value is -0.930. The quantitative estimate of drug-likeness (QED) is 0.877. The van der Waals surface area contributed by atoms with Gasteiger partial charge in [-0.1, -0.05) is 12.1 Å². The molecule has 2 rings (SSSR count). The average molecular weight is 237 g/mol. The molecule has 94 valence electrons. The van der Waals surface area contributed by atoms with Gasteiger partial charge in [0.15, 0.2) is 0 Å². The minimum absolute atomic E-state index is 0.188. The second-order valence-electron chi connectivity index (χ2n) is 5.22. The SMILES string of the molecule is Cc1ccc(C(C)(N)CC2CCCO2)cc1F. The molecule has 0 spiro atoms. The fourth-order valence-corrected chi connectivity index (χ4v) is 2.34. The van der Waals surface area contributed by atoms with Gasteiger partial charge >= 0.3 is 0 Å². The molecule has 1 aromatic rings. The van der Waals surface area contributed by atoms with Crippen molar-refractivity contribution < 1.29 is 9.13 Å². The van der Waals surface area contributed by atoms with Gasteiger partial charge in [0.1, 0.15) is 5.82 Å². The molecule has 1 aliphatic rings. The third-order valence-corrected chi connectivity index (χ3v) is 3.51. The number of rotatable bonds is 3. The Kier molecular flexibility index (Phi) is 3.50. The van der Waals surface area contributed by atoms with Gasteiger partial charge in [0.2, 0.25) is 0 Å². The van der Waals surface area contributed by atoms with Crippen LogP contribution in [-0.2, 0) is 10.3 Å². The topological polar surface area (TPSA) is 35.2 Å². The van der Waals surface area contributed by atoms with Crippen molar-refractivity contribution in [2.75, 3.05) is 6.61 Å². The minimum Gasteiger partial charge on any atom is -0.378 e. The standard InChI is InChI=1S/C14H20FNO/c1-10-5-6-11(8-13(10)15)14(2,16)9-12-4-3-7-17-12/h5-6,8,12H,3-4,7,9,16H2,1-2H3. The maximum atomic E-state index is 13.5. The van der Waals surface area contributed by atoms with Crippen molar-refractivity contribution >= 4 is 0 Å². The number of halogens is 1. The summed E-state index contributed by atoms with van der Waals surface area (Å²) < 4.78 is 19.1. The highest BCUT2D eigenvalue weighted by Gasteiger charge is 2.28. The molecule has 0 amide bonds. The lowest BCUT2D eigenvalue weighted by molar-refractivity contribution is 0.0855. The van der Waals surface area contributed by atoms with Gasteiger partial charge in [0.05, 0.1) is 6.10 Å². The molecule has 17 heavy (non-hydrogen) atoms. The van der Waals surface area contributed by atoms with E-state index in [1.54, 1.807) is 19.1 Å². The average Bonchev–Trinajstić information content (AvgIpc) is 2.73. The monoisotopic (exact) mass is 237 g/mol. The number of ether oxygens (including phenoxy) is 1. The maximum absolute atomic E-state index is 13.5. The molecule has 0 aromatic heterocycles. The van der Waals surface area contributed by atoms with Gasteiger partial charge in [-0.05, 0) is 50.3 Å². The molecule has 1 saturated heterocycles. The summed E-state index contributed by atoms with van der Waals surface area (Å²) >= 11 is 0. The van der Waals surface area contributed by atoms with E-state index in [2.05, 4.69) is 0 Å². The van der Waals surface area contributed by atoms with Crippen molar-refractivity contribution in [3.63, 3.8) is 0 Å². The first kappa shape index (κ1) is 12.5. The first-order valence-corrected chi connectivity index (χ1v) is 6.16. The number of benzene rings is 1. The van der Waals surface area contributed by atoms with Crippen LogP contribution in [-0.4, -0.2) is 12.7 Å². The van der Waals surface area contributed by atoms with Crippen LogP contribution in [0.1, 0.15) is 37.3 Å². The van der Waals surface area contributed by atoms with E-state index in [9.17, 15) is 4.39 Å². The zero-order valence-corrected chi connectivity index (χ0v) is 10.5. The van der Waals surface area contributed by atoms with Crippen LogP contribution in [0.4, 0.5) is 4.39 Å². The summed E-state index contributed by atoms with van der Waals surface area (Å²) in [5.41, 5.74) is 7.26. The van der Waals surface area contributed by atoms with Crippen LogP contribution < -0.4 is 5.73 Å². The van der Waals surface area contributed by atoms with E-state index in [0.29, 0.717) is 5.56 Å². The summed E-state index contributed by atoms with van der Waals surface area (Å²) in [5, 5.41) is 0. The number of hydrogen-bond acceptors (Lipinski definition) is 2. The van der Waals surface area contributed by atoms with Crippen LogP contribution in [0.3, 0.4) is 0 Å². The Morgan fingerprint density at radius 2 is 2.29 bits per heavy atom. The van der Waals surface area contributed by atoms with Gasteiger partial charge in [-0.25, -0.2) is 4.39 Å². The largest absolute Gasteiger partial charge is 0.378 e. The van der Waals surface area contributed by atoms with Crippen molar-refractivity contribution in [2.45, 2.75) is 44.8 Å². The third kappa shape index (κ3) is 2.85. The van der Waals surface area contributed by atoms with Crippen LogP contribution in [0.5, 0.6) is 0 Å². The first-order chi connectivity index (χ1) is 7.99. The van der Waals surface area contributed by atoms with Crippen molar-refractivity contribution in [1.29, 1.82) is 0 Å². The molecular weight excluding hydrogens is 217 g/mol. The smallest absolute Gasteiger partial charge is 0.126 e. The Balaban J connectivity index is 2.14. The maximum Gasteiger partial charge on any atom is 0.126 e. The van der Waals surface area contributed by atoms with Crippen LogP contribution in [0, 0.1) is 12.7 Å². The fraction of sp³-hybridized carbons (Fsp3) is 0.571. The zero-order chi connectivity index (χ0) is 12.5. The fourth-order valence-electron chi connectivity index (χ4n) is 2.34. The molecule has 2 unspecified atom stereocenters. The van der Waals surface area contributed by atoms with Gasteiger partial charge < -0.3 is 10.5 Å². The number of aryl methyl sites for hydroxylation is 1. The summed E-state index contributed by atoms with van der Waals surface area (Å²) in [4.78, 5) is 0. The molecule has 0 saturated carbocycles. The molecule has 0 aliphatic carbocycles. The van der Waals surface area contributed by atoms with Gasteiger partial charge in [0, 0.05) is 12.1 Å². The molecular formula is C14H20FNO. The second kappa shape index (κ2) is 4.75. The van der Waals surface area contributed by atoms with E-state index < -0.39 is 5.54 Å².